The summed E-state index contributed by atoms with van der Waals surface area (Å²) in [5, 5.41) is 16.2. The first-order valence-electron chi connectivity index (χ1n) is 3.94. The Bertz CT molecular complexity index is 352. The number of hydrogen-bond donors (Lipinski definition) is 0. The molecule has 0 aliphatic heterocycles. The maximum Gasteiger partial charge on any atom is 0.0725 e. The van der Waals surface area contributed by atoms with Gasteiger partial charge >= 0.3 is 0 Å². The van der Waals surface area contributed by atoms with Crippen molar-refractivity contribution < 1.29 is 0 Å². The Balaban J connectivity index is 2.64. The minimum absolute atomic E-state index is 0.137. The third kappa shape index (κ3) is 2.31. The maximum absolute atomic E-state index is 8.75. The van der Waals surface area contributed by atoms with Gasteiger partial charge in [0, 0.05) is 19.9 Å². The molecule has 1 aromatic rings. The molecule has 0 aliphatic rings. The van der Waals surface area contributed by atoms with E-state index in [9.17, 15) is 0 Å². The van der Waals surface area contributed by atoms with Crippen molar-refractivity contribution >= 4 is 0 Å². The molecular formula is C9H10N4. The number of hydrogen-bond acceptors (Lipinski definition) is 3. The number of terminal acetylenes is 1. The van der Waals surface area contributed by atoms with E-state index in [0.717, 1.165) is 5.69 Å². The predicted molar refractivity (Wildman–Crippen MR) is 47.3 cm³/mol. The molecule has 13 heavy (non-hydrogen) atoms. The second kappa shape index (κ2) is 4.27. The Hall–Kier alpha value is -1.81. The van der Waals surface area contributed by atoms with E-state index in [1.165, 1.54) is 0 Å². The molecule has 4 nitrogen and oxygen atoms in total. The van der Waals surface area contributed by atoms with Crippen molar-refractivity contribution in [1.29, 1.82) is 5.26 Å². The van der Waals surface area contributed by atoms with E-state index in [2.05, 4.69) is 22.3 Å². The lowest BCUT2D eigenvalue weighted by molar-refractivity contribution is 0.612. The Morgan fingerprint density at radius 2 is 2.54 bits per heavy atom. The third-order valence-electron chi connectivity index (χ3n) is 1.81. The highest BCUT2D eigenvalue weighted by atomic mass is 15.4. The highest BCUT2D eigenvalue weighted by molar-refractivity contribution is 5.03. The topological polar surface area (TPSA) is 54.5 Å². The number of nitriles is 1. The highest BCUT2D eigenvalue weighted by Gasteiger charge is 2.09. The zero-order valence-corrected chi connectivity index (χ0v) is 7.44. The monoisotopic (exact) mass is 174 g/mol. The van der Waals surface area contributed by atoms with E-state index in [4.69, 9.17) is 11.7 Å². The third-order valence-corrected chi connectivity index (χ3v) is 1.81. The van der Waals surface area contributed by atoms with Crippen LogP contribution in [0.4, 0.5) is 0 Å². The molecule has 0 saturated carbocycles. The van der Waals surface area contributed by atoms with Crippen molar-refractivity contribution in [2.75, 3.05) is 0 Å². The molecule has 0 fully saturated rings. The van der Waals surface area contributed by atoms with Crippen LogP contribution >= 0.6 is 0 Å². The Labute approximate surface area is 77.2 Å². The summed E-state index contributed by atoms with van der Waals surface area (Å²) in [5.74, 6) is 2.34. The molecule has 1 unspecified atom stereocenters. The number of aromatic nitrogens is 3. The van der Waals surface area contributed by atoms with E-state index < -0.39 is 0 Å². The lowest BCUT2D eigenvalue weighted by atomic mass is 10.0. The van der Waals surface area contributed by atoms with Crippen LogP contribution in [0.2, 0.25) is 0 Å². The van der Waals surface area contributed by atoms with Crippen LogP contribution in [0, 0.1) is 29.6 Å². The Morgan fingerprint density at radius 1 is 1.77 bits per heavy atom. The van der Waals surface area contributed by atoms with Crippen LogP contribution in [-0.2, 0) is 13.5 Å². The first kappa shape index (κ1) is 9.28. The van der Waals surface area contributed by atoms with Crippen LogP contribution in [0.5, 0.6) is 0 Å². The molecule has 0 amide bonds. The molecule has 0 aliphatic carbocycles. The van der Waals surface area contributed by atoms with Crippen LogP contribution in [0.3, 0.4) is 0 Å². The van der Waals surface area contributed by atoms with Gasteiger partial charge in [0.2, 0.25) is 0 Å². The number of rotatable bonds is 3. The van der Waals surface area contributed by atoms with E-state index in [1.54, 1.807) is 17.9 Å². The minimum atomic E-state index is -0.137. The molecule has 0 saturated heterocycles. The predicted octanol–water partition coefficient (Wildman–Crippen LogP) is 0.521. The quantitative estimate of drug-likeness (QED) is 0.628. The van der Waals surface area contributed by atoms with Gasteiger partial charge in [-0.1, -0.05) is 5.21 Å². The van der Waals surface area contributed by atoms with Crippen molar-refractivity contribution in [3.63, 3.8) is 0 Å². The highest BCUT2D eigenvalue weighted by Crippen LogP contribution is 2.08. The smallest absolute Gasteiger partial charge is 0.0725 e. The van der Waals surface area contributed by atoms with Gasteiger partial charge in [-0.2, -0.15) is 5.26 Å². The summed E-state index contributed by atoms with van der Waals surface area (Å²) < 4.78 is 1.65. The van der Waals surface area contributed by atoms with Crippen molar-refractivity contribution in [3.8, 4) is 18.4 Å². The molecule has 0 radical (unpaired) electrons. The fraction of sp³-hybridized carbons (Fsp3) is 0.444. The molecule has 0 bridgehead atoms. The van der Waals surface area contributed by atoms with Crippen LogP contribution in [0.1, 0.15) is 12.1 Å². The van der Waals surface area contributed by atoms with Crippen molar-refractivity contribution in [2.24, 2.45) is 13.0 Å². The molecule has 0 spiro atoms. The minimum Gasteiger partial charge on any atom is -0.252 e. The SMILES string of the molecule is C#CCC(C#N)Cc1cnnn1C. The van der Waals surface area contributed by atoms with Crippen LogP contribution in [0.15, 0.2) is 6.20 Å². The normalized spacial score (nSPS) is 11.6. The first-order valence-corrected chi connectivity index (χ1v) is 3.94. The average Bonchev–Trinajstić information content (AvgIpc) is 2.51. The van der Waals surface area contributed by atoms with Crippen molar-refractivity contribution in [1.82, 2.24) is 15.0 Å². The zero-order valence-electron chi connectivity index (χ0n) is 7.44. The van der Waals surface area contributed by atoms with Gasteiger partial charge in [0.05, 0.1) is 23.9 Å². The van der Waals surface area contributed by atoms with Gasteiger partial charge in [-0.3, -0.25) is 4.68 Å². The molecule has 66 valence electrons. The van der Waals surface area contributed by atoms with Gasteiger partial charge in [0.1, 0.15) is 0 Å². The lowest BCUT2D eigenvalue weighted by Gasteiger charge is -2.03. The standard InChI is InChI=1S/C9H10N4/c1-3-4-8(6-10)5-9-7-11-12-13(9)2/h1,7-8H,4-5H2,2H3. The summed E-state index contributed by atoms with van der Waals surface area (Å²) in [5.41, 5.74) is 0.932. The van der Waals surface area contributed by atoms with Crippen LogP contribution in [-0.4, -0.2) is 15.0 Å². The van der Waals surface area contributed by atoms with Crippen molar-refractivity contribution in [2.45, 2.75) is 12.8 Å². The van der Waals surface area contributed by atoms with E-state index in [-0.39, 0.29) is 5.92 Å². The molecule has 0 aromatic carbocycles. The van der Waals surface area contributed by atoms with E-state index in [0.29, 0.717) is 12.8 Å². The molecule has 1 atom stereocenters. The van der Waals surface area contributed by atoms with Gasteiger partial charge in [-0.05, 0) is 0 Å². The summed E-state index contributed by atoms with van der Waals surface area (Å²) in [6.45, 7) is 0. The second-order valence-electron chi connectivity index (χ2n) is 2.79. The Kier molecular flexibility index (Phi) is 3.05. The largest absolute Gasteiger partial charge is 0.252 e. The van der Waals surface area contributed by atoms with Crippen LogP contribution < -0.4 is 0 Å². The van der Waals surface area contributed by atoms with Gasteiger partial charge < -0.3 is 0 Å². The zero-order chi connectivity index (χ0) is 9.68. The van der Waals surface area contributed by atoms with Gasteiger partial charge in [-0.15, -0.1) is 17.4 Å². The average molecular weight is 174 g/mol. The van der Waals surface area contributed by atoms with Gasteiger partial charge in [-0.25, -0.2) is 0 Å². The summed E-state index contributed by atoms with van der Waals surface area (Å²) in [7, 11) is 1.80. The fourth-order valence-corrected chi connectivity index (χ4v) is 1.05. The first-order chi connectivity index (χ1) is 6.27. The summed E-state index contributed by atoms with van der Waals surface area (Å²) in [6.07, 6.45) is 7.88. The number of aryl methyl sites for hydroxylation is 1. The summed E-state index contributed by atoms with van der Waals surface area (Å²) in [6, 6.07) is 2.16. The van der Waals surface area contributed by atoms with Crippen LogP contribution in [0.25, 0.3) is 0 Å². The lowest BCUT2D eigenvalue weighted by Crippen LogP contribution is -2.05. The summed E-state index contributed by atoms with van der Waals surface area (Å²) >= 11 is 0. The van der Waals surface area contributed by atoms with E-state index in [1.807, 2.05) is 0 Å². The molecular weight excluding hydrogens is 164 g/mol. The molecule has 1 rings (SSSR count). The molecule has 4 heteroatoms. The molecule has 1 heterocycles. The van der Waals surface area contributed by atoms with Crippen molar-refractivity contribution in [3.05, 3.63) is 11.9 Å². The second-order valence-corrected chi connectivity index (χ2v) is 2.79. The molecule has 1 aromatic heterocycles. The Morgan fingerprint density at radius 3 is 3.00 bits per heavy atom. The summed E-state index contributed by atoms with van der Waals surface area (Å²) in [4.78, 5) is 0. The van der Waals surface area contributed by atoms with Gasteiger partial charge in [0.25, 0.3) is 0 Å². The molecule has 0 N–H and O–H groups in total. The number of nitrogens with zero attached hydrogens (tertiary/aromatic N) is 4. The van der Waals surface area contributed by atoms with E-state index >= 15 is 0 Å². The fourth-order valence-electron chi connectivity index (χ4n) is 1.05. The maximum atomic E-state index is 8.75. The van der Waals surface area contributed by atoms with Gasteiger partial charge in [0.15, 0.2) is 0 Å².